The maximum absolute atomic E-state index is 6.23. The van der Waals surface area contributed by atoms with E-state index in [9.17, 15) is 0 Å². The van der Waals surface area contributed by atoms with Crippen molar-refractivity contribution in [1.29, 1.82) is 0 Å². The molecule has 0 heterocycles. The highest BCUT2D eigenvalue weighted by Gasteiger charge is 2.41. The topological polar surface area (TPSA) is 46.2 Å². The van der Waals surface area contributed by atoms with E-state index in [1.165, 1.54) is 0 Å². The zero-order valence-electron chi connectivity index (χ0n) is 28.0. The number of hydrogen-bond donors (Lipinski definition) is 0. The van der Waals surface area contributed by atoms with E-state index in [-0.39, 0.29) is 5.92 Å². The Balaban J connectivity index is 1.68. The lowest BCUT2D eigenvalue weighted by Gasteiger charge is -2.38. The van der Waals surface area contributed by atoms with Gasteiger partial charge in [-0.3, -0.25) is 0 Å². The molecule has 0 aliphatic carbocycles. The van der Waals surface area contributed by atoms with Crippen LogP contribution in [0.15, 0.2) is 146 Å². The van der Waals surface area contributed by atoms with Gasteiger partial charge in [0.2, 0.25) is 0 Å². The molecule has 0 fully saturated rings. The quantitative estimate of drug-likeness (QED) is 0.125. The molecule has 0 unspecified atom stereocenters. The molecule has 0 aliphatic heterocycles. The predicted molar refractivity (Wildman–Crippen MR) is 191 cm³/mol. The minimum atomic E-state index is -0.772. The molecule has 6 aromatic rings. The zero-order chi connectivity index (χ0) is 33.5. The molecule has 0 saturated heterocycles. The SMILES string of the molecule is COc1ccc(C(c2ccc(OC)cc2)c2ccc(OC)c(C(c3ccccc3)(c3ccc(OC)cc3)c3ccc(OC)cc3)c2)cc1. The van der Waals surface area contributed by atoms with Gasteiger partial charge in [0.05, 0.1) is 41.0 Å². The number of hydrogen-bond acceptors (Lipinski definition) is 5. The standard InChI is InChI=1S/C43H40O5/c1-44-36-20-11-30(12-21-36)42(31-13-22-37(45-2)23-14-31)32-15-28-41(48-5)40(29-32)43(33-9-7-6-8-10-33,34-16-24-38(46-3)25-17-34)35-18-26-39(47-4)27-19-35/h6-29,42H,1-5H3. The van der Waals surface area contributed by atoms with Gasteiger partial charge in [-0.15, -0.1) is 0 Å². The molecule has 6 aromatic carbocycles. The summed E-state index contributed by atoms with van der Waals surface area (Å²) in [6.45, 7) is 0. The van der Waals surface area contributed by atoms with Gasteiger partial charge in [0.1, 0.15) is 28.7 Å². The van der Waals surface area contributed by atoms with Gasteiger partial charge in [0.25, 0.3) is 0 Å². The highest BCUT2D eigenvalue weighted by Crippen LogP contribution is 2.50. The maximum Gasteiger partial charge on any atom is 0.123 e. The van der Waals surface area contributed by atoms with Crippen LogP contribution in [-0.4, -0.2) is 35.5 Å². The van der Waals surface area contributed by atoms with Crippen LogP contribution >= 0.6 is 0 Å². The molecule has 0 radical (unpaired) electrons. The molecule has 0 spiro atoms. The first kappa shape index (κ1) is 32.3. The Labute approximate surface area is 283 Å². The zero-order valence-corrected chi connectivity index (χ0v) is 28.0. The highest BCUT2D eigenvalue weighted by molar-refractivity contribution is 5.65. The van der Waals surface area contributed by atoms with E-state index in [1.54, 1.807) is 35.5 Å². The summed E-state index contributed by atoms with van der Waals surface area (Å²) in [6, 6.07) is 50.4. The van der Waals surface area contributed by atoms with Crippen LogP contribution in [0.3, 0.4) is 0 Å². The van der Waals surface area contributed by atoms with Crippen LogP contribution in [0.4, 0.5) is 0 Å². The third kappa shape index (κ3) is 6.07. The number of methoxy groups -OCH3 is 5. The average molecular weight is 637 g/mol. The fraction of sp³-hybridized carbons (Fsp3) is 0.163. The summed E-state index contributed by atoms with van der Waals surface area (Å²) in [6.07, 6.45) is 0. The lowest BCUT2D eigenvalue weighted by Crippen LogP contribution is -2.32. The van der Waals surface area contributed by atoms with Crippen LogP contribution in [0.1, 0.15) is 44.9 Å². The van der Waals surface area contributed by atoms with Gasteiger partial charge in [-0.1, -0.05) is 84.9 Å². The molecular formula is C43H40O5. The van der Waals surface area contributed by atoms with Crippen molar-refractivity contribution in [2.24, 2.45) is 0 Å². The molecule has 0 aliphatic rings. The summed E-state index contributed by atoms with van der Waals surface area (Å²) >= 11 is 0. The van der Waals surface area contributed by atoms with Gasteiger partial charge in [0, 0.05) is 11.5 Å². The molecule has 0 N–H and O–H groups in total. The Bertz CT molecular complexity index is 1820. The van der Waals surface area contributed by atoms with Gasteiger partial charge in [-0.05, 0) is 94.0 Å². The molecule has 5 nitrogen and oxygen atoms in total. The second-order valence-corrected chi connectivity index (χ2v) is 11.5. The van der Waals surface area contributed by atoms with Crippen molar-refractivity contribution in [2.75, 3.05) is 35.5 Å². The first-order valence-electron chi connectivity index (χ1n) is 15.9. The van der Waals surface area contributed by atoms with E-state index in [1.807, 2.05) is 54.6 Å². The summed E-state index contributed by atoms with van der Waals surface area (Å²) in [4.78, 5) is 0. The van der Waals surface area contributed by atoms with Crippen molar-refractivity contribution < 1.29 is 23.7 Å². The third-order valence-corrected chi connectivity index (χ3v) is 9.11. The maximum atomic E-state index is 6.23. The molecule has 0 amide bonds. The van der Waals surface area contributed by atoms with Crippen molar-refractivity contribution in [1.82, 2.24) is 0 Å². The normalized spacial score (nSPS) is 11.2. The van der Waals surface area contributed by atoms with E-state index >= 15 is 0 Å². The molecule has 48 heavy (non-hydrogen) atoms. The second kappa shape index (κ2) is 14.4. The van der Waals surface area contributed by atoms with Crippen LogP contribution in [0.2, 0.25) is 0 Å². The molecule has 0 atom stereocenters. The van der Waals surface area contributed by atoms with Gasteiger partial charge in [-0.25, -0.2) is 0 Å². The van der Waals surface area contributed by atoms with Gasteiger partial charge < -0.3 is 23.7 Å². The first-order chi connectivity index (χ1) is 23.5. The second-order valence-electron chi connectivity index (χ2n) is 11.5. The molecule has 0 saturated carbocycles. The van der Waals surface area contributed by atoms with E-state index in [0.29, 0.717) is 0 Å². The van der Waals surface area contributed by atoms with Crippen LogP contribution in [0.5, 0.6) is 28.7 Å². The lowest BCUT2D eigenvalue weighted by molar-refractivity contribution is 0.404. The summed E-state index contributed by atoms with van der Waals surface area (Å²) < 4.78 is 28.5. The predicted octanol–water partition coefficient (Wildman–Crippen LogP) is 9.29. The highest BCUT2D eigenvalue weighted by atomic mass is 16.5. The van der Waals surface area contributed by atoms with Crippen LogP contribution < -0.4 is 23.7 Å². The van der Waals surface area contributed by atoms with Crippen LogP contribution in [0.25, 0.3) is 0 Å². The van der Waals surface area contributed by atoms with Crippen molar-refractivity contribution in [2.45, 2.75) is 11.3 Å². The Kier molecular flexibility index (Phi) is 9.67. The fourth-order valence-corrected chi connectivity index (χ4v) is 6.70. The largest absolute Gasteiger partial charge is 0.497 e. The number of ether oxygens (including phenoxy) is 5. The van der Waals surface area contributed by atoms with E-state index in [4.69, 9.17) is 23.7 Å². The average Bonchev–Trinajstić information content (AvgIpc) is 3.17. The van der Waals surface area contributed by atoms with Gasteiger partial charge in [-0.2, -0.15) is 0 Å². The Hall–Kier alpha value is -5.68. The fourth-order valence-electron chi connectivity index (χ4n) is 6.70. The molecule has 6 rings (SSSR count). The minimum absolute atomic E-state index is 0.0910. The van der Waals surface area contributed by atoms with Crippen molar-refractivity contribution in [3.05, 3.63) is 185 Å². The molecule has 0 bridgehead atoms. The van der Waals surface area contributed by atoms with E-state index in [0.717, 1.165) is 67.7 Å². The third-order valence-electron chi connectivity index (χ3n) is 9.11. The van der Waals surface area contributed by atoms with Crippen molar-refractivity contribution in [3.63, 3.8) is 0 Å². The Morgan fingerprint density at radius 1 is 0.375 bits per heavy atom. The molecule has 242 valence electrons. The van der Waals surface area contributed by atoms with Crippen LogP contribution in [-0.2, 0) is 5.41 Å². The van der Waals surface area contributed by atoms with E-state index < -0.39 is 5.41 Å². The van der Waals surface area contributed by atoms with Crippen LogP contribution in [0, 0.1) is 0 Å². The number of rotatable bonds is 12. The van der Waals surface area contributed by atoms with Gasteiger partial charge in [0.15, 0.2) is 0 Å². The van der Waals surface area contributed by atoms with E-state index in [2.05, 4.69) is 91.0 Å². The van der Waals surface area contributed by atoms with Gasteiger partial charge >= 0.3 is 0 Å². The molecule has 5 heteroatoms. The van der Waals surface area contributed by atoms with Crippen molar-refractivity contribution in [3.8, 4) is 28.7 Å². The summed E-state index contributed by atoms with van der Waals surface area (Å²) in [5, 5.41) is 0. The smallest absolute Gasteiger partial charge is 0.123 e. The van der Waals surface area contributed by atoms with Crippen molar-refractivity contribution >= 4 is 0 Å². The summed E-state index contributed by atoms with van der Waals surface area (Å²) in [5.74, 6) is 3.88. The lowest BCUT2D eigenvalue weighted by atomic mass is 9.64. The Morgan fingerprint density at radius 2 is 0.750 bits per heavy atom. The summed E-state index contributed by atoms with van der Waals surface area (Å²) in [7, 11) is 8.49. The minimum Gasteiger partial charge on any atom is -0.497 e. The summed E-state index contributed by atoms with van der Waals surface area (Å²) in [5.41, 5.74) is 6.86. The molecule has 0 aromatic heterocycles. The first-order valence-corrected chi connectivity index (χ1v) is 15.9. The number of benzene rings is 6. The molecular weight excluding hydrogens is 596 g/mol. The monoisotopic (exact) mass is 636 g/mol. The Morgan fingerprint density at radius 3 is 1.15 bits per heavy atom.